The molecule has 0 aliphatic heterocycles. The Morgan fingerprint density at radius 1 is 0.950 bits per heavy atom. The molecule has 7 heteroatoms. The number of rotatable bonds is 9. The highest BCUT2D eigenvalue weighted by atomic mass is 16.6. The van der Waals surface area contributed by atoms with E-state index in [2.05, 4.69) is 0 Å². The van der Waals surface area contributed by atoms with Gasteiger partial charge in [-0.15, -0.1) is 0 Å². The number of carbonyl (C=O) groups excluding carboxylic acids is 2. The monoisotopic (exact) mass is 292 g/mol. The minimum absolute atomic E-state index is 0.0371. The molecular weight excluding hydrogens is 268 g/mol. The maximum atomic E-state index is 11.7. The van der Waals surface area contributed by atoms with E-state index in [1.807, 2.05) is 0 Å². The third kappa shape index (κ3) is 6.83. The van der Waals surface area contributed by atoms with Crippen molar-refractivity contribution in [1.82, 2.24) is 0 Å². The van der Waals surface area contributed by atoms with Crippen LogP contribution in [0.2, 0.25) is 0 Å². The molecule has 0 aromatic rings. The zero-order chi connectivity index (χ0) is 15.7. The van der Waals surface area contributed by atoms with E-state index in [4.69, 9.17) is 14.6 Å². The summed E-state index contributed by atoms with van der Waals surface area (Å²) in [5, 5.41) is 28.7. The number of ether oxygens (including phenoxy) is 2. The topological polar surface area (TPSA) is 113 Å². The highest BCUT2D eigenvalue weighted by molar-refractivity contribution is 5.95. The number of esters is 2. The molecule has 3 unspecified atom stereocenters. The molecule has 0 aliphatic rings. The Morgan fingerprint density at radius 3 is 1.75 bits per heavy atom. The Bertz CT molecular complexity index is 285. The Labute approximate surface area is 118 Å². The fourth-order valence-corrected chi connectivity index (χ4v) is 1.78. The van der Waals surface area contributed by atoms with Crippen LogP contribution in [0.5, 0.6) is 0 Å². The quantitative estimate of drug-likeness (QED) is 0.392. The van der Waals surface area contributed by atoms with Crippen molar-refractivity contribution in [2.45, 2.75) is 51.9 Å². The molecule has 7 nitrogen and oxygen atoms in total. The van der Waals surface area contributed by atoms with E-state index in [1.165, 1.54) is 6.92 Å². The fraction of sp³-hybridized carbons (Fsp3) is 0.846. The lowest BCUT2D eigenvalue weighted by molar-refractivity contribution is -0.167. The minimum Gasteiger partial charge on any atom is -0.465 e. The van der Waals surface area contributed by atoms with Crippen LogP contribution in [0.3, 0.4) is 0 Å². The standard InChI is InChI=1S/C13H24O7/c1-4-19-12(17)11(13(18)20-5-2)10(16)7-9(15)6-8(3)14/h8-11,14-16H,4-7H2,1-3H3. The molecule has 0 amide bonds. The number of aliphatic hydroxyl groups excluding tert-OH is 3. The zero-order valence-electron chi connectivity index (χ0n) is 12.1. The summed E-state index contributed by atoms with van der Waals surface area (Å²) in [5.41, 5.74) is 0. The first-order valence-corrected chi connectivity index (χ1v) is 6.70. The number of hydrogen-bond donors (Lipinski definition) is 3. The van der Waals surface area contributed by atoms with Gasteiger partial charge >= 0.3 is 11.9 Å². The highest BCUT2D eigenvalue weighted by Crippen LogP contribution is 2.16. The molecule has 0 saturated carbocycles. The number of hydrogen-bond acceptors (Lipinski definition) is 7. The van der Waals surface area contributed by atoms with Gasteiger partial charge in [-0.1, -0.05) is 0 Å². The average Bonchev–Trinajstić information content (AvgIpc) is 2.28. The average molecular weight is 292 g/mol. The minimum atomic E-state index is -1.49. The van der Waals surface area contributed by atoms with Crippen LogP contribution >= 0.6 is 0 Å². The van der Waals surface area contributed by atoms with Gasteiger partial charge in [0.25, 0.3) is 0 Å². The maximum Gasteiger partial charge on any atom is 0.323 e. The number of carbonyl (C=O) groups is 2. The molecule has 0 spiro atoms. The van der Waals surface area contributed by atoms with Gasteiger partial charge in [-0.3, -0.25) is 9.59 Å². The third-order valence-electron chi connectivity index (χ3n) is 2.59. The van der Waals surface area contributed by atoms with E-state index in [9.17, 15) is 19.8 Å². The van der Waals surface area contributed by atoms with Gasteiger partial charge in [0, 0.05) is 6.42 Å². The van der Waals surface area contributed by atoms with Crippen LogP contribution in [-0.2, 0) is 19.1 Å². The Hall–Kier alpha value is -1.18. The Kier molecular flexibility index (Phi) is 9.11. The van der Waals surface area contributed by atoms with E-state index in [-0.39, 0.29) is 26.1 Å². The van der Waals surface area contributed by atoms with E-state index >= 15 is 0 Å². The van der Waals surface area contributed by atoms with Gasteiger partial charge in [-0.05, 0) is 27.2 Å². The molecule has 118 valence electrons. The molecule has 3 N–H and O–H groups in total. The molecule has 0 fully saturated rings. The van der Waals surface area contributed by atoms with E-state index in [0.717, 1.165) is 0 Å². The predicted molar refractivity (Wildman–Crippen MR) is 69.7 cm³/mol. The first kappa shape index (κ1) is 18.8. The van der Waals surface area contributed by atoms with Crippen LogP contribution in [0.1, 0.15) is 33.6 Å². The van der Waals surface area contributed by atoms with Crippen molar-refractivity contribution >= 4 is 11.9 Å². The summed E-state index contributed by atoms with van der Waals surface area (Å²) in [6.07, 6.45) is -3.40. The van der Waals surface area contributed by atoms with Gasteiger partial charge in [-0.2, -0.15) is 0 Å². The van der Waals surface area contributed by atoms with E-state index in [1.54, 1.807) is 13.8 Å². The van der Waals surface area contributed by atoms with Gasteiger partial charge in [0.05, 0.1) is 31.5 Å². The van der Waals surface area contributed by atoms with Gasteiger partial charge < -0.3 is 24.8 Å². The maximum absolute atomic E-state index is 11.7. The van der Waals surface area contributed by atoms with Crippen LogP contribution in [0.15, 0.2) is 0 Å². The smallest absolute Gasteiger partial charge is 0.323 e. The molecule has 0 rings (SSSR count). The molecule has 0 aromatic heterocycles. The second kappa shape index (κ2) is 9.68. The highest BCUT2D eigenvalue weighted by Gasteiger charge is 2.37. The van der Waals surface area contributed by atoms with Crippen LogP contribution in [0.25, 0.3) is 0 Å². The van der Waals surface area contributed by atoms with Crippen LogP contribution in [0, 0.1) is 5.92 Å². The second-order valence-electron chi connectivity index (χ2n) is 4.52. The number of aliphatic hydroxyl groups is 3. The van der Waals surface area contributed by atoms with Crippen molar-refractivity contribution in [1.29, 1.82) is 0 Å². The summed E-state index contributed by atoms with van der Waals surface area (Å²) in [6.45, 7) is 4.78. The molecule has 3 atom stereocenters. The lowest BCUT2D eigenvalue weighted by Gasteiger charge is -2.22. The molecule has 20 heavy (non-hydrogen) atoms. The summed E-state index contributed by atoms with van der Waals surface area (Å²) < 4.78 is 9.45. The third-order valence-corrected chi connectivity index (χ3v) is 2.59. The molecule has 0 aromatic carbocycles. The van der Waals surface area contributed by atoms with E-state index in [0.29, 0.717) is 0 Å². The SMILES string of the molecule is CCOC(=O)C(C(=O)OCC)C(O)CC(O)CC(C)O. The molecule has 0 radical (unpaired) electrons. The summed E-state index contributed by atoms with van der Waals surface area (Å²) >= 11 is 0. The molecule has 0 heterocycles. The molecule has 0 saturated heterocycles. The van der Waals surface area contributed by atoms with Crippen molar-refractivity contribution in [2.24, 2.45) is 5.92 Å². The van der Waals surface area contributed by atoms with Crippen molar-refractivity contribution in [3.8, 4) is 0 Å². The van der Waals surface area contributed by atoms with Crippen molar-refractivity contribution in [3.63, 3.8) is 0 Å². The first-order chi connectivity index (χ1) is 9.33. The van der Waals surface area contributed by atoms with Gasteiger partial charge in [0.15, 0.2) is 5.92 Å². The Morgan fingerprint density at radius 2 is 1.40 bits per heavy atom. The van der Waals surface area contributed by atoms with Crippen LogP contribution < -0.4 is 0 Å². The van der Waals surface area contributed by atoms with Crippen LogP contribution in [-0.4, -0.2) is 58.8 Å². The largest absolute Gasteiger partial charge is 0.465 e. The van der Waals surface area contributed by atoms with Crippen molar-refractivity contribution in [2.75, 3.05) is 13.2 Å². The van der Waals surface area contributed by atoms with Gasteiger partial charge in [0.2, 0.25) is 0 Å². The van der Waals surface area contributed by atoms with Crippen LogP contribution in [0.4, 0.5) is 0 Å². The van der Waals surface area contributed by atoms with E-state index < -0.39 is 36.2 Å². The van der Waals surface area contributed by atoms with Gasteiger partial charge in [0.1, 0.15) is 0 Å². The Balaban J connectivity index is 4.74. The molecule has 0 bridgehead atoms. The van der Waals surface area contributed by atoms with Crippen molar-refractivity contribution in [3.05, 3.63) is 0 Å². The lowest BCUT2D eigenvalue weighted by Crippen LogP contribution is -2.39. The summed E-state index contributed by atoms with van der Waals surface area (Å²) in [4.78, 5) is 23.4. The zero-order valence-corrected chi connectivity index (χ0v) is 12.1. The second-order valence-corrected chi connectivity index (χ2v) is 4.52. The summed E-state index contributed by atoms with van der Waals surface area (Å²) in [6, 6.07) is 0. The summed E-state index contributed by atoms with van der Waals surface area (Å²) in [5.74, 6) is -3.26. The molecular formula is C13H24O7. The molecule has 0 aliphatic carbocycles. The predicted octanol–water partition coefficient (Wildman–Crippen LogP) is -0.388. The first-order valence-electron chi connectivity index (χ1n) is 6.70. The lowest BCUT2D eigenvalue weighted by atomic mass is 9.95. The normalized spacial score (nSPS) is 15.6. The van der Waals surface area contributed by atoms with Crippen molar-refractivity contribution < 1.29 is 34.4 Å². The summed E-state index contributed by atoms with van der Waals surface area (Å²) in [7, 11) is 0. The fourth-order valence-electron chi connectivity index (χ4n) is 1.78. The van der Waals surface area contributed by atoms with Gasteiger partial charge in [-0.25, -0.2) is 0 Å².